The van der Waals surface area contributed by atoms with Crippen LogP contribution in [0.5, 0.6) is 5.75 Å². The molecule has 1 aromatic carbocycles. The van der Waals surface area contributed by atoms with Gasteiger partial charge in [0, 0.05) is 21.8 Å². The van der Waals surface area contributed by atoms with Crippen LogP contribution in [0.1, 0.15) is 15.2 Å². The summed E-state index contributed by atoms with van der Waals surface area (Å²) in [4.78, 5) is 15.3. The highest BCUT2D eigenvalue weighted by Crippen LogP contribution is 2.34. The minimum absolute atomic E-state index is 0.0196. The van der Waals surface area contributed by atoms with E-state index in [1.807, 2.05) is 0 Å². The molecule has 0 saturated heterocycles. The highest BCUT2D eigenvalue weighted by molar-refractivity contribution is 7.21. The average Bonchev–Trinajstić information content (AvgIpc) is 2.86. The van der Waals surface area contributed by atoms with Gasteiger partial charge in [0.25, 0.3) is 0 Å². The molecule has 3 rings (SSSR count). The van der Waals surface area contributed by atoms with Gasteiger partial charge in [-0.1, -0.05) is 6.07 Å². The molecule has 6 heteroatoms. The van der Waals surface area contributed by atoms with Crippen molar-refractivity contribution in [2.75, 3.05) is 0 Å². The summed E-state index contributed by atoms with van der Waals surface area (Å²) < 4.78 is 20.1. The van der Waals surface area contributed by atoms with Crippen molar-refractivity contribution in [2.45, 2.75) is 6.61 Å². The second-order valence-electron chi connectivity index (χ2n) is 4.31. The summed E-state index contributed by atoms with van der Waals surface area (Å²) in [6, 6.07) is 7.99. The average molecular weight is 303 g/mol. The number of ether oxygens (including phenoxy) is 1. The van der Waals surface area contributed by atoms with E-state index in [4.69, 9.17) is 4.74 Å². The van der Waals surface area contributed by atoms with Gasteiger partial charge in [0.1, 0.15) is 23.1 Å². The van der Waals surface area contributed by atoms with Crippen molar-refractivity contribution in [1.82, 2.24) is 4.98 Å². The van der Waals surface area contributed by atoms with Gasteiger partial charge in [-0.3, -0.25) is 4.98 Å². The molecule has 0 spiro atoms. The minimum atomic E-state index is -1.08. The number of halogens is 1. The number of carbonyl (C=O) groups is 1. The van der Waals surface area contributed by atoms with Gasteiger partial charge in [-0.2, -0.15) is 0 Å². The molecule has 0 atom stereocenters. The topological polar surface area (TPSA) is 59.4 Å². The lowest BCUT2D eigenvalue weighted by molar-refractivity contribution is 0.0699. The molecule has 106 valence electrons. The molecule has 0 fully saturated rings. The fourth-order valence-corrected chi connectivity index (χ4v) is 3.13. The summed E-state index contributed by atoms with van der Waals surface area (Å²) in [5, 5.41) is 9.58. The van der Waals surface area contributed by atoms with Crippen molar-refractivity contribution >= 4 is 27.4 Å². The molecule has 0 unspecified atom stereocenters. The Bertz CT molecular complexity index is 801. The quantitative estimate of drug-likeness (QED) is 0.798. The fraction of sp³-hybridized carbons (Fsp3) is 0.0667. The number of aromatic carboxylic acids is 1. The molecule has 0 amide bonds. The third-order valence-corrected chi connectivity index (χ3v) is 4.16. The standard InChI is InChI=1S/C15H10FNO3S/c16-11-4-1-5-12-13(11)10(14(21-12)15(18)19)8-20-9-3-2-6-17-7-9/h1-7H,8H2,(H,18,19). The summed E-state index contributed by atoms with van der Waals surface area (Å²) in [7, 11) is 0. The number of carboxylic acid groups (broad SMARTS) is 1. The van der Waals surface area contributed by atoms with Crippen LogP contribution >= 0.6 is 11.3 Å². The highest BCUT2D eigenvalue weighted by Gasteiger charge is 2.20. The lowest BCUT2D eigenvalue weighted by Crippen LogP contribution is -2.03. The third kappa shape index (κ3) is 2.57. The molecule has 0 aliphatic carbocycles. The molecule has 21 heavy (non-hydrogen) atoms. The largest absolute Gasteiger partial charge is 0.487 e. The Kier molecular flexibility index (Phi) is 3.53. The summed E-state index contributed by atoms with van der Waals surface area (Å²) >= 11 is 1.05. The zero-order chi connectivity index (χ0) is 14.8. The van der Waals surface area contributed by atoms with Crippen LogP contribution in [0.3, 0.4) is 0 Å². The fourth-order valence-electron chi connectivity index (χ4n) is 2.07. The molecule has 3 aromatic rings. The number of carboxylic acids is 1. The predicted octanol–water partition coefficient (Wildman–Crippen LogP) is 3.71. The van der Waals surface area contributed by atoms with E-state index in [-0.39, 0.29) is 11.5 Å². The molecule has 0 bridgehead atoms. The number of benzene rings is 1. The van der Waals surface area contributed by atoms with Crippen molar-refractivity contribution in [3.8, 4) is 5.75 Å². The smallest absolute Gasteiger partial charge is 0.346 e. The Labute approximate surface area is 123 Å². The first-order valence-corrected chi connectivity index (χ1v) is 6.94. The van der Waals surface area contributed by atoms with Crippen molar-refractivity contribution in [1.29, 1.82) is 0 Å². The minimum Gasteiger partial charge on any atom is -0.487 e. The van der Waals surface area contributed by atoms with E-state index in [9.17, 15) is 14.3 Å². The first kappa shape index (κ1) is 13.5. The second-order valence-corrected chi connectivity index (χ2v) is 5.36. The molecule has 2 aromatic heterocycles. The van der Waals surface area contributed by atoms with Crippen LogP contribution in [-0.2, 0) is 6.61 Å². The number of pyridine rings is 1. The van der Waals surface area contributed by atoms with Crippen molar-refractivity contribution in [3.05, 3.63) is 59.0 Å². The number of aromatic nitrogens is 1. The van der Waals surface area contributed by atoms with Gasteiger partial charge in [-0.15, -0.1) is 11.3 Å². The Hall–Kier alpha value is -2.47. The van der Waals surface area contributed by atoms with Gasteiger partial charge in [0.15, 0.2) is 0 Å². The van der Waals surface area contributed by atoms with E-state index in [0.29, 0.717) is 21.4 Å². The molecule has 1 N–H and O–H groups in total. The molecular formula is C15H10FNO3S. The molecule has 0 saturated carbocycles. The molecule has 0 radical (unpaired) electrons. The van der Waals surface area contributed by atoms with Gasteiger partial charge < -0.3 is 9.84 Å². The summed E-state index contributed by atoms with van der Waals surface area (Å²) in [5.41, 5.74) is 0.351. The second kappa shape index (κ2) is 5.49. The first-order valence-electron chi connectivity index (χ1n) is 6.13. The highest BCUT2D eigenvalue weighted by atomic mass is 32.1. The van der Waals surface area contributed by atoms with Gasteiger partial charge in [-0.25, -0.2) is 9.18 Å². The number of nitrogens with zero attached hydrogens (tertiary/aromatic N) is 1. The molecule has 0 aliphatic rings. The van der Waals surface area contributed by atoms with Crippen LogP contribution in [0, 0.1) is 5.82 Å². The summed E-state index contributed by atoms with van der Waals surface area (Å²) in [6.07, 6.45) is 3.13. The Balaban J connectivity index is 2.03. The number of hydrogen-bond acceptors (Lipinski definition) is 4. The zero-order valence-electron chi connectivity index (χ0n) is 10.7. The van der Waals surface area contributed by atoms with Crippen LogP contribution in [0.2, 0.25) is 0 Å². The monoisotopic (exact) mass is 303 g/mol. The van der Waals surface area contributed by atoms with E-state index >= 15 is 0 Å². The van der Waals surface area contributed by atoms with E-state index in [0.717, 1.165) is 11.3 Å². The Morgan fingerprint density at radius 3 is 2.90 bits per heavy atom. The normalized spacial score (nSPS) is 10.7. The maximum Gasteiger partial charge on any atom is 0.346 e. The maximum atomic E-state index is 14.0. The van der Waals surface area contributed by atoms with Crippen LogP contribution in [-0.4, -0.2) is 16.1 Å². The molecule has 0 aliphatic heterocycles. The van der Waals surface area contributed by atoms with E-state index in [1.165, 1.54) is 12.3 Å². The molecule has 2 heterocycles. The SMILES string of the molecule is O=C(O)c1sc2cccc(F)c2c1COc1cccnc1. The van der Waals surface area contributed by atoms with Crippen molar-refractivity contribution in [2.24, 2.45) is 0 Å². The van der Waals surface area contributed by atoms with Crippen LogP contribution < -0.4 is 4.74 Å². The molecular weight excluding hydrogens is 293 g/mol. The number of rotatable bonds is 4. The Morgan fingerprint density at radius 2 is 2.19 bits per heavy atom. The number of hydrogen-bond donors (Lipinski definition) is 1. The molecule has 4 nitrogen and oxygen atoms in total. The zero-order valence-corrected chi connectivity index (χ0v) is 11.6. The number of thiophene rings is 1. The predicted molar refractivity (Wildman–Crippen MR) is 77.3 cm³/mol. The number of fused-ring (bicyclic) bond motifs is 1. The first-order chi connectivity index (χ1) is 10.2. The van der Waals surface area contributed by atoms with Gasteiger partial charge in [-0.05, 0) is 24.3 Å². The van der Waals surface area contributed by atoms with Crippen LogP contribution in [0.15, 0.2) is 42.7 Å². The Morgan fingerprint density at radius 1 is 1.33 bits per heavy atom. The van der Waals surface area contributed by atoms with E-state index < -0.39 is 11.8 Å². The van der Waals surface area contributed by atoms with Crippen LogP contribution in [0.4, 0.5) is 4.39 Å². The van der Waals surface area contributed by atoms with E-state index in [2.05, 4.69) is 4.98 Å². The summed E-state index contributed by atoms with van der Waals surface area (Å²) in [5.74, 6) is -1.02. The van der Waals surface area contributed by atoms with Gasteiger partial charge >= 0.3 is 5.97 Å². The lowest BCUT2D eigenvalue weighted by atomic mass is 10.1. The lowest BCUT2D eigenvalue weighted by Gasteiger charge is -2.06. The third-order valence-electron chi connectivity index (χ3n) is 2.98. The van der Waals surface area contributed by atoms with Crippen molar-refractivity contribution < 1.29 is 19.0 Å². The van der Waals surface area contributed by atoms with E-state index in [1.54, 1.807) is 30.5 Å². The van der Waals surface area contributed by atoms with Crippen molar-refractivity contribution in [3.63, 3.8) is 0 Å². The summed E-state index contributed by atoms with van der Waals surface area (Å²) in [6.45, 7) is -0.0196. The maximum absolute atomic E-state index is 14.0. The van der Waals surface area contributed by atoms with Gasteiger partial charge in [0.05, 0.1) is 6.20 Å². The van der Waals surface area contributed by atoms with Gasteiger partial charge in [0.2, 0.25) is 0 Å². The van der Waals surface area contributed by atoms with Crippen LogP contribution in [0.25, 0.3) is 10.1 Å².